The standard InChI is InChI=1S/C20H25NO5/c1-24-16-7-8-17-15(13-25-18(17)12-16)11-20(23)26-14-19(22)21-9-5-3-2-4-6-10-21/h7-8,12-13H,2-6,9-11,14H2,1H3. The molecular formula is C20H25NO5. The van der Waals surface area contributed by atoms with Crippen molar-refractivity contribution in [1.82, 2.24) is 4.90 Å². The Hall–Kier alpha value is -2.50. The largest absolute Gasteiger partial charge is 0.497 e. The van der Waals surface area contributed by atoms with Gasteiger partial charge in [-0.15, -0.1) is 0 Å². The maximum Gasteiger partial charge on any atom is 0.310 e. The van der Waals surface area contributed by atoms with Gasteiger partial charge >= 0.3 is 5.97 Å². The van der Waals surface area contributed by atoms with Crippen LogP contribution in [0.5, 0.6) is 5.75 Å². The molecule has 6 heteroatoms. The first-order valence-electron chi connectivity index (χ1n) is 9.15. The first kappa shape index (κ1) is 18.3. The van der Waals surface area contributed by atoms with Crippen molar-refractivity contribution in [3.63, 3.8) is 0 Å². The molecule has 1 aromatic carbocycles. The fourth-order valence-electron chi connectivity index (χ4n) is 3.26. The van der Waals surface area contributed by atoms with Crippen LogP contribution in [0.2, 0.25) is 0 Å². The van der Waals surface area contributed by atoms with Gasteiger partial charge in [0, 0.05) is 30.1 Å². The number of ether oxygens (including phenoxy) is 2. The number of nitrogens with zero attached hydrogens (tertiary/aromatic N) is 1. The molecule has 0 atom stereocenters. The third-order valence-corrected chi connectivity index (χ3v) is 4.76. The van der Waals surface area contributed by atoms with E-state index in [1.54, 1.807) is 19.4 Å². The highest BCUT2D eigenvalue weighted by Gasteiger charge is 2.18. The molecule has 3 rings (SSSR count). The van der Waals surface area contributed by atoms with Crippen LogP contribution in [-0.4, -0.2) is 43.6 Å². The van der Waals surface area contributed by atoms with Crippen LogP contribution in [0.25, 0.3) is 11.0 Å². The second-order valence-corrected chi connectivity index (χ2v) is 6.61. The smallest absolute Gasteiger partial charge is 0.310 e. The first-order valence-corrected chi connectivity index (χ1v) is 9.15. The Morgan fingerprint density at radius 1 is 1.12 bits per heavy atom. The normalized spacial score (nSPS) is 15.3. The highest BCUT2D eigenvalue weighted by Crippen LogP contribution is 2.26. The van der Waals surface area contributed by atoms with Gasteiger partial charge in [0.05, 0.1) is 19.8 Å². The summed E-state index contributed by atoms with van der Waals surface area (Å²) in [6, 6.07) is 5.44. The van der Waals surface area contributed by atoms with Gasteiger partial charge in [-0.1, -0.05) is 19.3 Å². The molecule has 2 aromatic rings. The maximum atomic E-state index is 12.3. The Morgan fingerprint density at radius 2 is 1.85 bits per heavy atom. The van der Waals surface area contributed by atoms with Crippen LogP contribution in [0.1, 0.15) is 37.7 Å². The number of benzene rings is 1. The average Bonchev–Trinajstić information content (AvgIpc) is 3.01. The first-order chi connectivity index (χ1) is 12.7. The van der Waals surface area contributed by atoms with Crippen molar-refractivity contribution in [3.8, 4) is 5.75 Å². The van der Waals surface area contributed by atoms with Crippen molar-refractivity contribution in [2.45, 2.75) is 38.5 Å². The maximum absolute atomic E-state index is 12.3. The lowest BCUT2D eigenvalue weighted by molar-refractivity contribution is -0.151. The summed E-state index contributed by atoms with van der Waals surface area (Å²) in [7, 11) is 1.59. The number of rotatable bonds is 5. The van der Waals surface area contributed by atoms with E-state index in [1.165, 1.54) is 6.42 Å². The quantitative estimate of drug-likeness (QED) is 0.766. The van der Waals surface area contributed by atoms with Crippen molar-refractivity contribution >= 4 is 22.8 Å². The Morgan fingerprint density at radius 3 is 2.58 bits per heavy atom. The van der Waals surface area contributed by atoms with E-state index in [0.717, 1.165) is 49.7 Å². The zero-order chi connectivity index (χ0) is 18.4. The van der Waals surface area contributed by atoms with Gasteiger partial charge < -0.3 is 18.8 Å². The topological polar surface area (TPSA) is 69.0 Å². The van der Waals surface area contributed by atoms with E-state index in [9.17, 15) is 9.59 Å². The Bertz CT molecular complexity index is 759. The number of carbonyl (C=O) groups is 2. The highest BCUT2D eigenvalue weighted by molar-refractivity contribution is 5.87. The molecule has 1 amide bonds. The Balaban J connectivity index is 1.53. The molecule has 0 unspecified atom stereocenters. The molecule has 1 aliphatic heterocycles. The molecule has 0 aliphatic carbocycles. The number of methoxy groups -OCH3 is 1. The summed E-state index contributed by atoms with van der Waals surface area (Å²) < 4.78 is 15.8. The molecule has 0 saturated carbocycles. The SMILES string of the molecule is COc1ccc2c(CC(=O)OCC(=O)N3CCCCCCC3)coc2c1. The summed E-state index contributed by atoms with van der Waals surface area (Å²) in [5.74, 6) is 0.158. The zero-order valence-corrected chi connectivity index (χ0v) is 15.2. The predicted molar refractivity (Wildman–Crippen MR) is 97.1 cm³/mol. The predicted octanol–water partition coefficient (Wildman–Crippen LogP) is 3.32. The summed E-state index contributed by atoms with van der Waals surface area (Å²) in [5.41, 5.74) is 1.40. The van der Waals surface area contributed by atoms with Crippen molar-refractivity contribution in [1.29, 1.82) is 0 Å². The van der Waals surface area contributed by atoms with Gasteiger partial charge in [-0.25, -0.2) is 0 Å². The summed E-state index contributed by atoms with van der Waals surface area (Å²) in [6.45, 7) is 1.32. The molecule has 0 N–H and O–H groups in total. The number of furan rings is 1. The molecule has 140 valence electrons. The lowest BCUT2D eigenvalue weighted by atomic mass is 10.1. The van der Waals surface area contributed by atoms with Crippen LogP contribution in [0, 0.1) is 0 Å². The van der Waals surface area contributed by atoms with E-state index in [0.29, 0.717) is 11.3 Å². The number of carbonyl (C=O) groups excluding carboxylic acids is 2. The lowest BCUT2D eigenvalue weighted by Crippen LogP contribution is -2.37. The molecule has 1 saturated heterocycles. The fraction of sp³-hybridized carbons (Fsp3) is 0.500. The van der Waals surface area contributed by atoms with Crippen LogP contribution in [0.15, 0.2) is 28.9 Å². The number of amides is 1. The number of hydrogen-bond donors (Lipinski definition) is 0. The van der Waals surface area contributed by atoms with E-state index in [1.807, 2.05) is 17.0 Å². The second kappa shape index (κ2) is 8.74. The number of esters is 1. The molecule has 1 aliphatic rings. The van der Waals surface area contributed by atoms with Crippen LogP contribution in [0.3, 0.4) is 0 Å². The van der Waals surface area contributed by atoms with E-state index >= 15 is 0 Å². The van der Waals surface area contributed by atoms with Gasteiger partial charge in [-0.05, 0) is 25.0 Å². The third kappa shape index (κ3) is 4.56. The molecule has 0 radical (unpaired) electrons. The Kier molecular flexibility index (Phi) is 6.15. The van der Waals surface area contributed by atoms with E-state index in [-0.39, 0.29) is 18.9 Å². The fourth-order valence-corrected chi connectivity index (χ4v) is 3.26. The monoisotopic (exact) mass is 359 g/mol. The van der Waals surface area contributed by atoms with Crippen molar-refractivity contribution in [3.05, 3.63) is 30.0 Å². The van der Waals surface area contributed by atoms with E-state index < -0.39 is 5.97 Å². The molecule has 0 bridgehead atoms. The van der Waals surface area contributed by atoms with Crippen molar-refractivity contribution in [2.24, 2.45) is 0 Å². The minimum absolute atomic E-state index is 0.0760. The summed E-state index contributed by atoms with van der Waals surface area (Å²) in [4.78, 5) is 26.2. The molecular weight excluding hydrogens is 334 g/mol. The van der Waals surface area contributed by atoms with Gasteiger partial charge in [-0.2, -0.15) is 0 Å². The van der Waals surface area contributed by atoms with Crippen LogP contribution < -0.4 is 4.74 Å². The molecule has 1 aromatic heterocycles. The van der Waals surface area contributed by atoms with Gasteiger partial charge in [0.1, 0.15) is 11.3 Å². The second-order valence-electron chi connectivity index (χ2n) is 6.61. The summed E-state index contributed by atoms with van der Waals surface area (Å²) in [6.07, 6.45) is 7.21. The highest BCUT2D eigenvalue weighted by atomic mass is 16.5. The summed E-state index contributed by atoms with van der Waals surface area (Å²) in [5, 5.41) is 0.845. The van der Waals surface area contributed by atoms with Crippen LogP contribution >= 0.6 is 0 Å². The lowest BCUT2D eigenvalue weighted by Gasteiger charge is -2.24. The number of fused-ring (bicyclic) bond motifs is 1. The minimum Gasteiger partial charge on any atom is -0.497 e. The molecule has 2 heterocycles. The van der Waals surface area contributed by atoms with Gasteiger partial charge in [-0.3, -0.25) is 9.59 Å². The van der Waals surface area contributed by atoms with Crippen LogP contribution in [0.4, 0.5) is 0 Å². The third-order valence-electron chi connectivity index (χ3n) is 4.76. The van der Waals surface area contributed by atoms with Gasteiger partial charge in [0.25, 0.3) is 5.91 Å². The Labute approximate surface area is 153 Å². The van der Waals surface area contributed by atoms with Gasteiger partial charge in [0.15, 0.2) is 6.61 Å². The average molecular weight is 359 g/mol. The van der Waals surface area contributed by atoms with Gasteiger partial charge in [0.2, 0.25) is 0 Å². The molecule has 1 fully saturated rings. The van der Waals surface area contributed by atoms with Crippen molar-refractivity contribution < 1.29 is 23.5 Å². The molecule has 0 spiro atoms. The number of hydrogen-bond acceptors (Lipinski definition) is 5. The van der Waals surface area contributed by atoms with E-state index in [4.69, 9.17) is 13.9 Å². The zero-order valence-electron chi connectivity index (χ0n) is 15.2. The minimum atomic E-state index is -0.427. The van der Waals surface area contributed by atoms with Crippen LogP contribution in [-0.2, 0) is 20.7 Å². The number of likely N-dealkylation sites (tertiary alicyclic amines) is 1. The van der Waals surface area contributed by atoms with Crippen molar-refractivity contribution in [2.75, 3.05) is 26.8 Å². The molecule has 26 heavy (non-hydrogen) atoms. The summed E-state index contributed by atoms with van der Waals surface area (Å²) >= 11 is 0. The molecule has 6 nitrogen and oxygen atoms in total. The van der Waals surface area contributed by atoms with E-state index in [2.05, 4.69) is 0 Å².